The number of guanidine groups is 1. The van der Waals surface area contributed by atoms with E-state index in [0.717, 1.165) is 48.4 Å². The van der Waals surface area contributed by atoms with Crippen LogP contribution in [-0.4, -0.2) is 60.1 Å². The molecule has 2 aromatic carbocycles. The number of carbonyl (C=O) groups is 1. The summed E-state index contributed by atoms with van der Waals surface area (Å²) in [5.74, 6) is 0.633. The van der Waals surface area contributed by atoms with E-state index < -0.39 is 0 Å². The summed E-state index contributed by atoms with van der Waals surface area (Å²) in [5, 5.41) is 3.97. The van der Waals surface area contributed by atoms with Crippen molar-refractivity contribution in [2.24, 2.45) is 9.98 Å². The second-order valence-corrected chi connectivity index (χ2v) is 9.84. The van der Waals surface area contributed by atoms with Gasteiger partial charge >= 0.3 is 0 Å². The number of aliphatic imine (C=N–C) groups is 2. The van der Waals surface area contributed by atoms with Gasteiger partial charge in [0.25, 0.3) is 5.91 Å². The molecular formula is C28H32ClN5O. The number of hydrogen-bond acceptors (Lipinski definition) is 5. The van der Waals surface area contributed by atoms with Crippen LogP contribution in [0.5, 0.6) is 0 Å². The van der Waals surface area contributed by atoms with Gasteiger partial charge in [-0.15, -0.1) is 0 Å². The standard InChI is InChI=1S/C28H32ClN5O/c29-23-10-6-21(7-11-23)26-5-4-16-30-28(32-26)31-24-12-8-22(9-13-24)27(35)34-19-14-25(15-20-34)33-17-2-1-3-18-33/h5-13,16,25H,1-4,14-15,17-20H2,(H,31,32). The Morgan fingerprint density at radius 1 is 0.914 bits per heavy atom. The van der Waals surface area contributed by atoms with Crippen LogP contribution in [0.25, 0.3) is 5.70 Å². The van der Waals surface area contributed by atoms with Crippen molar-refractivity contribution in [2.75, 3.05) is 31.5 Å². The van der Waals surface area contributed by atoms with Gasteiger partial charge in [-0.05, 0) is 75.2 Å². The summed E-state index contributed by atoms with van der Waals surface area (Å²) >= 11 is 6.02. The van der Waals surface area contributed by atoms with Crippen molar-refractivity contribution in [3.8, 4) is 0 Å². The molecule has 0 radical (unpaired) electrons. The first-order chi connectivity index (χ1) is 17.2. The lowest BCUT2D eigenvalue weighted by Gasteiger charge is -2.40. The highest BCUT2D eigenvalue weighted by atomic mass is 35.5. The molecule has 0 aliphatic carbocycles. The summed E-state index contributed by atoms with van der Waals surface area (Å²) in [7, 11) is 0. The summed E-state index contributed by atoms with van der Waals surface area (Å²) in [6.45, 7) is 4.12. The van der Waals surface area contributed by atoms with Gasteiger partial charge in [0.1, 0.15) is 0 Å². The Bertz CT molecular complexity index is 1110. The number of benzene rings is 2. The highest BCUT2D eigenvalue weighted by Gasteiger charge is 2.28. The van der Waals surface area contributed by atoms with Crippen molar-refractivity contribution in [1.29, 1.82) is 0 Å². The minimum atomic E-state index is 0.117. The highest BCUT2D eigenvalue weighted by Crippen LogP contribution is 2.23. The fraction of sp³-hybridized carbons (Fsp3) is 0.393. The van der Waals surface area contributed by atoms with E-state index in [1.54, 1.807) is 0 Å². The highest BCUT2D eigenvalue weighted by molar-refractivity contribution is 6.30. The number of nitrogens with zero attached hydrogens (tertiary/aromatic N) is 4. The Morgan fingerprint density at radius 2 is 1.63 bits per heavy atom. The van der Waals surface area contributed by atoms with Crippen LogP contribution in [0.1, 0.15) is 54.4 Å². The lowest BCUT2D eigenvalue weighted by molar-refractivity contribution is 0.0590. The summed E-state index contributed by atoms with van der Waals surface area (Å²) < 4.78 is 0. The molecule has 0 saturated carbocycles. The predicted molar refractivity (Wildman–Crippen MR) is 144 cm³/mol. The molecule has 2 aromatic rings. The zero-order valence-corrected chi connectivity index (χ0v) is 20.8. The first kappa shape index (κ1) is 23.8. The number of allylic oxidation sites excluding steroid dienone is 1. The van der Waals surface area contributed by atoms with Crippen molar-refractivity contribution in [1.82, 2.24) is 9.80 Å². The van der Waals surface area contributed by atoms with Crippen LogP contribution < -0.4 is 5.32 Å². The normalized spacial score (nSPS) is 19.6. The van der Waals surface area contributed by atoms with Crippen molar-refractivity contribution in [2.45, 2.75) is 44.6 Å². The van der Waals surface area contributed by atoms with E-state index in [0.29, 0.717) is 23.4 Å². The summed E-state index contributed by atoms with van der Waals surface area (Å²) in [6.07, 6.45) is 10.7. The van der Waals surface area contributed by atoms with Gasteiger partial charge in [-0.3, -0.25) is 4.79 Å². The molecule has 182 valence electrons. The van der Waals surface area contributed by atoms with Crippen molar-refractivity contribution in [3.63, 3.8) is 0 Å². The molecule has 5 rings (SSSR count). The van der Waals surface area contributed by atoms with E-state index in [1.165, 1.54) is 32.4 Å². The molecule has 0 atom stereocenters. The second kappa shape index (κ2) is 11.2. The zero-order chi connectivity index (χ0) is 24.0. The van der Waals surface area contributed by atoms with Gasteiger partial charge in [-0.2, -0.15) is 0 Å². The molecule has 35 heavy (non-hydrogen) atoms. The quantitative estimate of drug-likeness (QED) is 0.598. The number of piperidine rings is 2. The van der Waals surface area contributed by atoms with Gasteiger partial charge in [-0.25, -0.2) is 9.98 Å². The van der Waals surface area contributed by atoms with Crippen LogP contribution in [0.3, 0.4) is 0 Å². The van der Waals surface area contributed by atoms with Crippen LogP contribution >= 0.6 is 11.6 Å². The zero-order valence-electron chi connectivity index (χ0n) is 20.0. The van der Waals surface area contributed by atoms with Crippen molar-refractivity contribution >= 4 is 41.1 Å². The van der Waals surface area contributed by atoms with E-state index in [-0.39, 0.29) is 5.91 Å². The van der Waals surface area contributed by atoms with E-state index in [9.17, 15) is 4.79 Å². The van der Waals surface area contributed by atoms with Crippen LogP contribution in [0.2, 0.25) is 5.02 Å². The predicted octanol–water partition coefficient (Wildman–Crippen LogP) is 5.71. The van der Waals surface area contributed by atoms with E-state index in [4.69, 9.17) is 16.6 Å². The van der Waals surface area contributed by atoms with Gasteiger partial charge in [0, 0.05) is 53.6 Å². The van der Waals surface area contributed by atoms with Crippen LogP contribution in [-0.2, 0) is 0 Å². The Kier molecular flexibility index (Phi) is 7.60. The fourth-order valence-electron chi connectivity index (χ4n) is 5.08. The Labute approximate surface area is 212 Å². The topological polar surface area (TPSA) is 60.3 Å². The second-order valence-electron chi connectivity index (χ2n) is 9.40. The van der Waals surface area contributed by atoms with Crippen molar-refractivity contribution < 1.29 is 4.79 Å². The summed E-state index contributed by atoms with van der Waals surface area (Å²) in [5.41, 5.74) is 3.41. The molecule has 0 bridgehead atoms. The molecule has 1 amide bonds. The molecule has 0 aromatic heterocycles. The molecule has 2 fully saturated rings. The minimum absolute atomic E-state index is 0.117. The lowest BCUT2D eigenvalue weighted by atomic mass is 9.99. The molecule has 1 N–H and O–H groups in total. The van der Waals surface area contributed by atoms with Gasteiger partial charge in [-0.1, -0.05) is 36.2 Å². The third kappa shape index (κ3) is 6.00. The molecule has 3 aliphatic heterocycles. The molecule has 3 aliphatic rings. The van der Waals surface area contributed by atoms with Gasteiger partial charge in [0.2, 0.25) is 5.96 Å². The Morgan fingerprint density at radius 3 is 2.34 bits per heavy atom. The Hall–Kier alpha value is -2.96. The van der Waals surface area contributed by atoms with E-state index >= 15 is 0 Å². The van der Waals surface area contributed by atoms with E-state index in [2.05, 4.69) is 15.2 Å². The summed E-state index contributed by atoms with van der Waals surface area (Å²) in [6, 6.07) is 15.9. The maximum Gasteiger partial charge on any atom is 0.253 e. The third-order valence-electron chi connectivity index (χ3n) is 7.04. The number of amides is 1. The fourth-order valence-corrected chi connectivity index (χ4v) is 5.21. The van der Waals surface area contributed by atoms with E-state index in [1.807, 2.05) is 65.7 Å². The first-order valence-electron chi connectivity index (χ1n) is 12.6. The largest absolute Gasteiger partial charge is 0.339 e. The number of likely N-dealkylation sites (tertiary alicyclic amines) is 2. The summed E-state index contributed by atoms with van der Waals surface area (Å²) in [4.78, 5) is 26.9. The molecule has 0 unspecified atom stereocenters. The molecule has 3 heterocycles. The number of rotatable bonds is 4. The maximum absolute atomic E-state index is 13.1. The maximum atomic E-state index is 13.1. The van der Waals surface area contributed by atoms with Gasteiger partial charge in [0.05, 0.1) is 5.70 Å². The molecule has 7 heteroatoms. The van der Waals surface area contributed by atoms with Gasteiger partial charge < -0.3 is 15.1 Å². The van der Waals surface area contributed by atoms with Gasteiger partial charge in [0.15, 0.2) is 0 Å². The lowest BCUT2D eigenvalue weighted by Crippen LogP contribution is -2.48. The SMILES string of the molecule is O=C(c1ccc(NC2=NC(c3ccc(Cl)cc3)=CCC=N2)cc1)N1CCC(N2CCCCC2)CC1. The van der Waals surface area contributed by atoms with Crippen molar-refractivity contribution in [3.05, 3.63) is 70.8 Å². The average molecular weight is 490 g/mol. The minimum Gasteiger partial charge on any atom is -0.339 e. The van der Waals surface area contributed by atoms with Crippen LogP contribution in [0.15, 0.2) is 64.6 Å². The smallest absolute Gasteiger partial charge is 0.253 e. The number of carbonyl (C=O) groups excluding carboxylic acids is 1. The van der Waals surface area contributed by atoms with Crippen LogP contribution in [0.4, 0.5) is 5.69 Å². The number of hydrogen-bond donors (Lipinski definition) is 1. The van der Waals surface area contributed by atoms with Crippen LogP contribution in [0, 0.1) is 0 Å². The average Bonchev–Trinajstić information content (AvgIpc) is 3.15. The molecular weight excluding hydrogens is 458 g/mol. The molecule has 6 nitrogen and oxygen atoms in total. The first-order valence-corrected chi connectivity index (χ1v) is 13.0. The molecule has 2 saturated heterocycles. The third-order valence-corrected chi connectivity index (χ3v) is 7.30. The number of halogens is 1. The number of nitrogens with one attached hydrogen (secondary N) is 1. The number of anilines is 1. The monoisotopic (exact) mass is 489 g/mol. The Balaban J connectivity index is 1.19. The molecule has 0 spiro atoms.